The van der Waals surface area contributed by atoms with E-state index in [1.807, 2.05) is 0 Å². The number of aromatic carboxylic acids is 1. The standard InChI is InChI=1S/C10H13N3O2/c1-7-5-8(10(14)15)12-9(11-7)6-13-3-2-4-13/h5H,2-4,6H2,1H3,(H,14,15). The molecule has 1 fully saturated rings. The van der Waals surface area contributed by atoms with Crippen LogP contribution in [0.2, 0.25) is 0 Å². The molecule has 2 heterocycles. The molecule has 5 heteroatoms. The van der Waals surface area contributed by atoms with Crippen molar-refractivity contribution < 1.29 is 9.90 Å². The van der Waals surface area contributed by atoms with Crippen LogP contribution in [0.3, 0.4) is 0 Å². The van der Waals surface area contributed by atoms with Gasteiger partial charge in [0.15, 0.2) is 5.69 Å². The van der Waals surface area contributed by atoms with E-state index in [0.717, 1.165) is 13.1 Å². The van der Waals surface area contributed by atoms with Gasteiger partial charge in [0.25, 0.3) is 0 Å². The fraction of sp³-hybridized carbons (Fsp3) is 0.500. The molecular weight excluding hydrogens is 194 g/mol. The van der Waals surface area contributed by atoms with Crippen molar-refractivity contribution in [2.45, 2.75) is 19.9 Å². The summed E-state index contributed by atoms with van der Waals surface area (Å²) in [5.41, 5.74) is 0.788. The second-order valence-corrected chi connectivity index (χ2v) is 3.75. The van der Waals surface area contributed by atoms with Crippen LogP contribution in [0.15, 0.2) is 6.07 Å². The van der Waals surface area contributed by atoms with Crippen LogP contribution < -0.4 is 0 Å². The first-order valence-corrected chi connectivity index (χ1v) is 4.95. The molecule has 1 N–H and O–H groups in total. The van der Waals surface area contributed by atoms with Gasteiger partial charge in [-0.25, -0.2) is 14.8 Å². The first kappa shape index (κ1) is 10.0. The maximum absolute atomic E-state index is 10.8. The van der Waals surface area contributed by atoms with E-state index >= 15 is 0 Å². The van der Waals surface area contributed by atoms with Gasteiger partial charge in [-0.1, -0.05) is 0 Å². The molecule has 0 bridgehead atoms. The van der Waals surface area contributed by atoms with Crippen LogP contribution in [0.25, 0.3) is 0 Å². The number of carbonyl (C=O) groups is 1. The molecule has 0 aliphatic carbocycles. The minimum Gasteiger partial charge on any atom is -0.477 e. The summed E-state index contributed by atoms with van der Waals surface area (Å²) in [5.74, 6) is -0.391. The Labute approximate surface area is 87.8 Å². The average molecular weight is 207 g/mol. The molecule has 1 aliphatic rings. The number of hydrogen-bond donors (Lipinski definition) is 1. The van der Waals surface area contributed by atoms with Crippen molar-refractivity contribution in [3.05, 3.63) is 23.3 Å². The molecule has 0 amide bonds. The summed E-state index contributed by atoms with van der Waals surface area (Å²) in [7, 11) is 0. The molecule has 0 radical (unpaired) electrons. The van der Waals surface area contributed by atoms with Gasteiger partial charge < -0.3 is 5.11 Å². The number of hydrogen-bond acceptors (Lipinski definition) is 4. The Morgan fingerprint density at radius 1 is 1.53 bits per heavy atom. The maximum Gasteiger partial charge on any atom is 0.354 e. The van der Waals surface area contributed by atoms with Gasteiger partial charge in [-0.15, -0.1) is 0 Å². The molecule has 5 nitrogen and oxygen atoms in total. The Kier molecular flexibility index (Phi) is 2.64. The topological polar surface area (TPSA) is 66.3 Å². The average Bonchev–Trinajstić information content (AvgIpc) is 2.10. The van der Waals surface area contributed by atoms with E-state index in [0.29, 0.717) is 18.1 Å². The van der Waals surface area contributed by atoms with Gasteiger partial charge in [0.05, 0.1) is 6.54 Å². The lowest BCUT2D eigenvalue weighted by Crippen LogP contribution is -2.37. The summed E-state index contributed by atoms with van der Waals surface area (Å²) in [4.78, 5) is 21.2. The number of aryl methyl sites for hydroxylation is 1. The van der Waals surface area contributed by atoms with Crippen LogP contribution in [0.4, 0.5) is 0 Å². The minimum atomic E-state index is -0.995. The molecule has 1 saturated heterocycles. The van der Waals surface area contributed by atoms with Crippen LogP contribution in [0.1, 0.15) is 28.4 Å². The smallest absolute Gasteiger partial charge is 0.354 e. The largest absolute Gasteiger partial charge is 0.477 e. The van der Waals surface area contributed by atoms with Crippen LogP contribution in [0, 0.1) is 6.92 Å². The molecular formula is C10H13N3O2. The minimum absolute atomic E-state index is 0.0815. The van der Waals surface area contributed by atoms with Gasteiger partial charge in [0.2, 0.25) is 0 Å². The summed E-state index contributed by atoms with van der Waals surface area (Å²) in [5, 5.41) is 8.84. The summed E-state index contributed by atoms with van der Waals surface area (Å²) < 4.78 is 0. The van der Waals surface area contributed by atoms with E-state index in [9.17, 15) is 4.79 Å². The molecule has 0 atom stereocenters. The normalized spacial score (nSPS) is 16.1. The van der Waals surface area contributed by atoms with Crippen LogP contribution in [-0.4, -0.2) is 39.0 Å². The fourth-order valence-corrected chi connectivity index (χ4v) is 1.55. The van der Waals surface area contributed by atoms with Gasteiger partial charge in [-0.3, -0.25) is 4.90 Å². The third kappa shape index (κ3) is 2.30. The van der Waals surface area contributed by atoms with E-state index in [-0.39, 0.29) is 5.69 Å². The summed E-state index contributed by atoms with van der Waals surface area (Å²) in [6, 6.07) is 1.49. The van der Waals surface area contributed by atoms with Crippen molar-refractivity contribution in [2.24, 2.45) is 0 Å². The summed E-state index contributed by atoms with van der Waals surface area (Å²) in [6.07, 6.45) is 1.21. The predicted octanol–water partition coefficient (Wildman–Crippen LogP) is 0.689. The third-order valence-corrected chi connectivity index (χ3v) is 2.43. The second kappa shape index (κ2) is 3.94. The molecule has 2 rings (SSSR count). The van der Waals surface area contributed by atoms with Crippen molar-refractivity contribution >= 4 is 5.97 Å². The monoisotopic (exact) mass is 207 g/mol. The maximum atomic E-state index is 10.8. The van der Waals surface area contributed by atoms with Crippen LogP contribution in [0.5, 0.6) is 0 Å². The highest BCUT2D eigenvalue weighted by atomic mass is 16.4. The van der Waals surface area contributed by atoms with E-state index in [1.54, 1.807) is 6.92 Å². The number of carboxylic acids is 1. The van der Waals surface area contributed by atoms with Crippen molar-refractivity contribution in [1.82, 2.24) is 14.9 Å². The molecule has 0 unspecified atom stereocenters. The van der Waals surface area contributed by atoms with Crippen molar-refractivity contribution in [1.29, 1.82) is 0 Å². The molecule has 15 heavy (non-hydrogen) atoms. The van der Waals surface area contributed by atoms with Crippen LogP contribution in [-0.2, 0) is 6.54 Å². The number of carboxylic acid groups (broad SMARTS) is 1. The molecule has 0 spiro atoms. The Bertz CT molecular complexity index is 388. The lowest BCUT2D eigenvalue weighted by atomic mass is 10.2. The fourth-order valence-electron chi connectivity index (χ4n) is 1.55. The van der Waals surface area contributed by atoms with Crippen LogP contribution >= 0.6 is 0 Å². The second-order valence-electron chi connectivity index (χ2n) is 3.75. The highest BCUT2D eigenvalue weighted by Gasteiger charge is 2.16. The highest BCUT2D eigenvalue weighted by Crippen LogP contribution is 2.10. The van der Waals surface area contributed by atoms with Gasteiger partial charge in [-0.2, -0.15) is 0 Å². The lowest BCUT2D eigenvalue weighted by molar-refractivity contribution is 0.0689. The van der Waals surface area contributed by atoms with Gasteiger partial charge in [0, 0.05) is 5.69 Å². The number of nitrogens with zero attached hydrogens (tertiary/aromatic N) is 3. The zero-order valence-corrected chi connectivity index (χ0v) is 8.60. The van der Waals surface area contributed by atoms with E-state index in [1.165, 1.54) is 12.5 Å². The third-order valence-electron chi connectivity index (χ3n) is 2.43. The van der Waals surface area contributed by atoms with Crippen molar-refractivity contribution in [3.8, 4) is 0 Å². The summed E-state index contributed by atoms with van der Waals surface area (Å²) >= 11 is 0. The van der Waals surface area contributed by atoms with Gasteiger partial charge in [-0.05, 0) is 32.5 Å². The Morgan fingerprint density at radius 2 is 2.27 bits per heavy atom. The number of likely N-dealkylation sites (tertiary alicyclic amines) is 1. The lowest BCUT2D eigenvalue weighted by Gasteiger charge is -2.29. The van der Waals surface area contributed by atoms with Gasteiger partial charge in [0.1, 0.15) is 5.82 Å². The summed E-state index contributed by atoms with van der Waals surface area (Å²) in [6.45, 7) is 4.55. The Hall–Kier alpha value is -1.49. The zero-order chi connectivity index (χ0) is 10.8. The first-order valence-electron chi connectivity index (χ1n) is 4.95. The number of rotatable bonds is 3. The molecule has 1 aliphatic heterocycles. The Morgan fingerprint density at radius 3 is 2.80 bits per heavy atom. The Balaban J connectivity index is 2.18. The number of aromatic nitrogens is 2. The van der Waals surface area contributed by atoms with Crippen molar-refractivity contribution in [2.75, 3.05) is 13.1 Å². The highest BCUT2D eigenvalue weighted by molar-refractivity contribution is 5.85. The van der Waals surface area contributed by atoms with E-state index in [2.05, 4.69) is 14.9 Å². The van der Waals surface area contributed by atoms with Gasteiger partial charge >= 0.3 is 5.97 Å². The molecule has 0 aromatic carbocycles. The SMILES string of the molecule is Cc1cc(C(=O)O)nc(CN2CCC2)n1. The van der Waals surface area contributed by atoms with E-state index in [4.69, 9.17) is 5.11 Å². The van der Waals surface area contributed by atoms with E-state index < -0.39 is 5.97 Å². The zero-order valence-electron chi connectivity index (χ0n) is 8.60. The predicted molar refractivity (Wildman–Crippen MR) is 53.6 cm³/mol. The van der Waals surface area contributed by atoms with Crippen molar-refractivity contribution in [3.63, 3.8) is 0 Å². The first-order chi connectivity index (χ1) is 7.15. The molecule has 1 aromatic heterocycles. The molecule has 1 aromatic rings. The molecule has 80 valence electrons. The molecule has 0 saturated carbocycles. The quantitative estimate of drug-likeness (QED) is 0.789.